The highest BCUT2D eigenvalue weighted by Crippen LogP contribution is 2.39. The first-order valence-corrected chi connectivity index (χ1v) is 10.3. The largest absolute Gasteiger partial charge is 0.294 e. The molecule has 3 aromatic heterocycles. The number of hydrogen-bond acceptors (Lipinski definition) is 4. The fraction of sp³-hybridized carbons (Fsp3) is 0.318. The molecule has 136 valence electrons. The highest BCUT2D eigenvalue weighted by atomic mass is 32.1. The number of benzene rings is 1. The van der Waals surface area contributed by atoms with Gasteiger partial charge in [0, 0.05) is 11.1 Å². The van der Waals surface area contributed by atoms with Crippen molar-refractivity contribution >= 4 is 31.8 Å². The van der Waals surface area contributed by atoms with Crippen LogP contribution in [0.15, 0.2) is 41.5 Å². The summed E-state index contributed by atoms with van der Waals surface area (Å²) in [5, 5.41) is 1.12. The van der Waals surface area contributed by atoms with Gasteiger partial charge < -0.3 is 0 Å². The second-order valence-corrected chi connectivity index (χ2v) is 8.58. The standard InChI is InChI=1S/C22H21N3OS/c1-13(2)18-16-10-6-9-15(16)17-19-20(27-21(17)24-18)22(26)25(12-23-19)11-14-7-4-3-5-8-14/h3-5,7-8,12-13H,6,9-11H2,1-2H3. The average molecular weight is 375 g/mol. The third-order valence-electron chi connectivity index (χ3n) is 5.44. The van der Waals surface area contributed by atoms with Gasteiger partial charge >= 0.3 is 0 Å². The lowest BCUT2D eigenvalue weighted by atomic mass is 9.99. The van der Waals surface area contributed by atoms with Gasteiger partial charge in [-0.05, 0) is 41.9 Å². The second-order valence-electron chi connectivity index (χ2n) is 7.59. The number of rotatable bonds is 3. The summed E-state index contributed by atoms with van der Waals surface area (Å²) in [6.07, 6.45) is 5.02. The summed E-state index contributed by atoms with van der Waals surface area (Å²) >= 11 is 1.50. The van der Waals surface area contributed by atoms with Crippen molar-refractivity contribution in [3.63, 3.8) is 0 Å². The van der Waals surface area contributed by atoms with Crippen LogP contribution in [-0.4, -0.2) is 14.5 Å². The Labute approximate surface area is 161 Å². The van der Waals surface area contributed by atoms with Crippen molar-refractivity contribution in [2.24, 2.45) is 0 Å². The summed E-state index contributed by atoms with van der Waals surface area (Å²) in [7, 11) is 0. The topological polar surface area (TPSA) is 47.8 Å². The Morgan fingerprint density at radius 1 is 1.15 bits per heavy atom. The molecule has 0 N–H and O–H groups in total. The molecule has 0 radical (unpaired) electrons. The van der Waals surface area contributed by atoms with Crippen LogP contribution in [0.4, 0.5) is 0 Å². The zero-order valence-corrected chi connectivity index (χ0v) is 16.3. The van der Waals surface area contributed by atoms with Crippen molar-refractivity contribution in [2.45, 2.75) is 45.6 Å². The summed E-state index contributed by atoms with van der Waals surface area (Å²) in [6, 6.07) is 10.0. The molecule has 5 rings (SSSR count). The first kappa shape index (κ1) is 16.6. The molecule has 0 saturated heterocycles. The molecule has 4 aromatic rings. The van der Waals surface area contributed by atoms with Crippen LogP contribution >= 0.6 is 11.3 Å². The molecule has 0 fully saturated rings. The van der Waals surface area contributed by atoms with Crippen molar-refractivity contribution in [1.82, 2.24) is 14.5 Å². The number of aromatic nitrogens is 3. The number of aryl methyl sites for hydroxylation is 1. The van der Waals surface area contributed by atoms with Crippen molar-refractivity contribution in [3.8, 4) is 0 Å². The fourth-order valence-corrected chi connectivity index (χ4v) is 5.30. The van der Waals surface area contributed by atoms with Crippen molar-refractivity contribution < 1.29 is 0 Å². The van der Waals surface area contributed by atoms with Crippen LogP contribution in [0.1, 0.15) is 48.6 Å². The Morgan fingerprint density at radius 3 is 2.70 bits per heavy atom. The van der Waals surface area contributed by atoms with E-state index in [4.69, 9.17) is 9.97 Å². The minimum absolute atomic E-state index is 0.0321. The van der Waals surface area contributed by atoms with Crippen molar-refractivity contribution in [3.05, 3.63) is 69.4 Å². The molecular formula is C22H21N3OS. The van der Waals surface area contributed by atoms with Crippen LogP contribution < -0.4 is 5.56 Å². The molecule has 5 heteroatoms. The number of hydrogen-bond donors (Lipinski definition) is 0. The average Bonchev–Trinajstić information content (AvgIpc) is 3.28. The Hall–Kier alpha value is -2.53. The van der Waals surface area contributed by atoms with E-state index in [0.29, 0.717) is 12.5 Å². The van der Waals surface area contributed by atoms with E-state index in [1.54, 1.807) is 10.9 Å². The molecule has 3 heterocycles. The predicted molar refractivity (Wildman–Crippen MR) is 111 cm³/mol. The second kappa shape index (κ2) is 6.27. The summed E-state index contributed by atoms with van der Waals surface area (Å²) in [4.78, 5) is 23.8. The third-order valence-corrected chi connectivity index (χ3v) is 6.50. The first-order valence-electron chi connectivity index (χ1n) is 9.50. The summed E-state index contributed by atoms with van der Waals surface area (Å²) < 4.78 is 2.43. The maximum atomic E-state index is 13.1. The van der Waals surface area contributed by atoms with Crippen LogP contribution in [0, 0.1) is 0 Å². The van der Waals surface area contributed by atoms with E-state index in [-0.39, 0.29) is 5.56 Å². The van der Waals surface area contributed by atoms with Gasteiger partial charge in [-0.25, -0.2) is 9.97 Å². The quantitative estimate of drug-likeness (QED) is 0.523. The minimum Gasteiger partial charge on any atom is -0.294 e. The van der Waals surface area contributed by atoms with Gasteiger partial charge in [-0.15, -0.1) is 11.3 Å². The lowest BCUT2D eigenvalue weighted by Crippen LogP contribution is -2.20. The maximum absolute atomic E-state index is 13.1. The van der Waals surface area contributed by atoms with E-state index < -0.39 is 0 Å². The maximum Gasteiger partial charge on any atom is 0.271 e. The highest BCUT2D eigenvalue weighted by molar-refractivity contribution is 7.25. The van der Waals surface area contributed by atoms with Crippen molar-refractivity contribution in [1.29, 1.82) is 0 Å². The van der Waals surface area contributed by atoms with E-state index in [1.165, 1.54) is 28.2 Å². The summed E-state index contributed by atoms with van der Waals surface area (Å²) in [5.41, 5.74) is 5.94. The molecule has 1 aromatic carbocycles. The molecule has 1 aliphatic rings. The first-order chi connectivity index (χ1) is 13.1. The third kappa shape index (κ3) is 2.60. The molecule has 0 aliphatic heterocycles. The van der Waals surface area contributed by atoms with Gasteiger partial charge in [0.15, 0.2) is 0 Å². The Bertz CT molecular complexity index is 1220. The molecule has 0 spiro atoms. The zero-order valence-electron chi connectivity index (χ0n) is 15.5. The highest BCUT2D eigenvalue weighted by Gasteiger charge is 2.25. The molecule has 4 nitrogen and oxygen atoms in total. The van der Waals surface area contributed by atoms with Crippen LogP contribution in [0.5, 0.6) is 0 Å². The van der Waals surface area contributed by atoms with Gasteiger partial charge in [0.05, 0.1) is 18.4 Å². The van der Waals surface area contributed by atoms with Gasteiger partial charge in [-0.2, -0.15) is 0 Å². The number of pyridine rings is 1. The van der Waals surface area contributed by atoms with Gasteiger partial charge in [-0.1, -0.05) is 44.2 Å². The van der Waals surface area contributed by atoms with Gasteiger partial charge in [0.25, 0.3) is 5.56 Å². The molecule has 0 unspecified atom stereocenters. The predicted octanol–water partition coefficient (Wildman–Crippen LogP) is 4.67. The number of thiophene rings is 1. The molecule has 0 atom stereocenters. The lowest BCUT2D eigenvalue weighted by molar-refractivity contribution is 0.750. The molecule has 27 heavy (non-hydrogen) atoms. The van der Waals surface area contributed by atoms with E-state index in [0.717, 1.165) is 45.3 Å². The summed E-state index contributed by atoms with van der Waals surface area (Å²) in [6.45, 7) is 4.94. The molecular weight excluding hydrogens is 354 g/mol. The van der Waals surface area contributed by atoms with E-state index in [1.807, 2.05) is 30.3 Å². The van der Waals surface area contributed by atoms with E-state index in [2.05, 4.69) is 13.8 Å². The van der Waals surface area contributed by atoms with Gasteiger partial charge in [0.1, 0.15) is 9.53 Å². The van der Waals surface area contributed by atoms with E-state index >= 15 is 0 Å². The van der Waals surface area contributed by atoms with Gasteiger partial charge in [0.2, 0.25) is 0 Å². The van der Waals surface area contributed by atoms with Crippen LogP contribution in [0.3, 0.4) is 0 Å². The minimum atomic E-state index is 0.0321. The smallest absolute Gasteiger partial charge is 0.271 e. The fourth-order valence-electron chi connectivity index (χ4n) is 4.19. The lowest BCUT2D eigenvalue weighted by Gasteiger charge is -2.11. The van der Waals surface area contributed by atoms with Crippen LogP contribution in [0.25, 0.3) is 20.4 Å². The van der Waals surface area contributed by atoms with Crippen molar-refractivity contribution in [2.75, 3.05) is 0 Å². The Morgan fingerprint density at radius 2 is 1.93 bits per heavy atom. The Kier molecular flexibility index (Phi) is 3.86. The zero-order chi connectivity index (χ0) is 18.5. The number of fused-ring (bicyclic) bond motifs is 5. The monoisotopic (exact) mass is 375 g/mol. The molecule has 0 amide bonds. The normalized spacial score (nSPS) is 13.7. The molecule has 0 bridgehead atoms. The number of nitrogens with zero attached hydrogens (tertiary/aromatic N) is 3. The van der Waals surface area contributed by atoms with Gasteiger partial charge in [-0.3, -0.25) is 9.36 Å². The molecule has 1 aliphatic carbocycles. The molecule has 0 saturated carbocycles. The SMILES string of the molecule is CC(C)c1nc2sc3c(=O)n(Cc4ccccc4)cnc3c2c2c1CCC2. The van der Waals surface area contributed by atoms with Crippen LogP contribution in [0.2, 0.25) is 0 Å². The Balaban J connectivity index is 1.74. The van der Waals surface area contributed by atoms with E-state index in [9.17, 15) is 4.79 Å². The van der Waals surface area contributed by atoms with Crippen LogP contribution in [-0.2, 0) is 19.4 Å². The summed E-state index contributed by atoms with van der Waals surface area (Å²) in [5.74, 6) is 0.397.